The van der Waals surface area contributed by atoms with Crippen LogP contribution in [-0.4, -0.2) is 24.7 Å². The van der Waals surface area contributed by atoms with E-state index in [0.29, 0.717) is 10.9 Å². The fraction of sp³-hybridized carbons (Fsp3) is 0.176. The molecule has 0 aliphatic rings. The Bertz CT molecular complexity index is 1060. The highest BCUT2D eigenvalue weighted by molar-refractivity contribution is 7.98. The van der Waals surface area contributed by atoms with Crippen LogP contribution < -0.4 is 0 Å². The Balaban J connectivity index is 1.66. The SMILES string of the molecule is Cc1ccc2cc(CSc3ncnc4c3cnn4C)c(Cl)nc2c1. The van der Waals surface area contributed by atoms with Crippen molar-refractivity contribution in [1.82, 2.24) is 24.7 Å². The van der Waals surface area contributed by atoms with Gasteiger partial charge in [0.1, 0.15) is 16.5 Å². The number of nitrogens with zero attached hydrogens (tertiary/aromatic N) is 5. The average molecular weight is 356 g/mol. The number of aryl methyl sites for hydroxylation is 2. The van der Waals surface area contributed by atoms with Crippen molar-refractivity contribution in [3.8, 4) is 0 Å². The molecule has 4 aromatic rings. The van der Waals surface area contributed by atoms with E-state index in [9.17, 15) is 0 Å². The molecule has 0 saturated heterocycles. The molecule has 3 aromatic heterocycles. The third-order valence-corrected chi connectivity index (χ3v) is 5.24. The summed E-state index contributed by atoms with van der Waals surface area (Å²) in [5, 5.41) is 7.72. The first-order valence-electron chi connectivity index (χ1n) is 7.43. The van der Waals surface area contributed by atoms with E-state index in [4.69, 9.17) is 11.6 Å². The first-order chi connectivity index (χ1) is 11.6. The van der Waals surface area contributed by atoms with E-state index in [1.54, 1.807) is 29.0 Å². The van der Waals surface area contributed by atoms with E-state index < -0.39 is 0 Å². The van der Waals surface area contributed by atoms with Gasteiger partial charge in [0.25, 0.3) is 0 Å². The molecule has 0 spiro atoms. The predicted molar refractivity (Wildman–Crippen MR) is 97.4 cm³/mol. The van der Waals surface area contributed by atoms with Gasteiger partial charge in [-0.2, -0.15) is 5.10 Å². The lowest BCUT2D eigenvalue weighted by Gasteiger charge is -2.07. The minimum absolute atomic E-state index is 0.539. The van der Waals surface area contributed by atoms with Crippen LogP contribution in [-0.2, 0) is 12.8 Å². The maximum atomic E-state index is 6.37. The number of halogens is 1. The molecule has 4 rings (SSSR count). The van der Waals surface area contributed by atoms with Gasteiger partial charge in [0.2, 0.25) is 0 Å². The number of benzene rings is 1. The van der Waals surface area contributed by atoms with Crippen LogP contribution in [0.5, 0.6) is 0 Å². The molecule has 0 amide bonds. The largest absolute Gasteiger partial charge is 0.250 e. The lowest BCUT2D eigenvalue weighted by Crippen LogP contribution is -1.93. The molecule has 0 N–H and O–H groups in total. The summed E-state index contributed by atoms with van der Waals surface area (Å²) in [6.45, 7) is 2.05. The topological polar surface area (TPSA) is 56.5 Å². The van der Waals surface area contributed by atoms with Crippen molar-refractivity contribution in [2.75, 3.05) is 0 Å². The molecule has 0 radical (unpaired) electrons. The van der Waals surface area contributed by atoms with Crippen LogP contribution in [0, 0.1) is 6.92 Å². The molecule has 120 valence electrons. The van der Waals surface area contributed by atoms with E-state index in [1.165, 1.54) is 5.56 Å². The molecule has 0 unspecified atom stereocenters. The molecule has 0 aliphatic heterocycles. The molecule has 0 fully saturated rings. The molecular weight excluding hydrogens is 342 g/mol. The van der Waals surface area contributed by atoms with Gasteiger partial charge in [-0.1, -0.05) is 23.7 Å². The summed E-state index contributed by atoms with van der Waals surface area (Å²) in [7, 11) is 1.87. The minimum atomic E-state index is 0.539. The van der Waals surface area contributed by atoms with E-state index in [-0.39, 0.29) is 0 Å². The summed E-state index contributed by atoms with van der Waals surface area (Å²) < 4.78 is 1.74. The van der Waals surface area contributed by atoms with Crippen LogP contribution in [0.4, 0.5) is 0 Å². The number of hydrogen-bond acceptors (Lipinski definition) is 5. The first-order valence-corrected chi connectivity index (χ1v) is 8.79. The van der Waals surface area contributed by atoms with Crippen LogP contribution >= 0.6 is 23.4 Å². The fourth-order valence-electron chi connectivity index (χ4n) is 2.60. The van der Waals surface area contributed by atoms with Gasteiger partial charge < -0.3 is 0 Å². The Morgan fingerprint density at radius 2 is 2.08 bits per heavy atom. The van der Waals surface area contributed by atoms with E-state index >= 15 is 0 Å². The fourth-order valence-corrected chi connectivity index (χ4v) is 3.83. The summed E-state index contributed by atoms with van der Waals surface area (Å²) in [6.07, 6.45) is 3.36. The van der Waals surface area contributed by atoms with E-state index in [0.717, 1.165) is 32.5 Å². The highest BCUT2D eigenvalue weighted by Gasteiger charge is 2.11. The third kappa shape index (κ3) is 2.72. The van der Waals surface area contributed by atoms with Crippen molar-refractivity contribution < 1.29 is 0 Å². The van der Waals surface area contributed by atoms with Crippen molar-refractivity contribution in [2.45, 2.75) is 17.7 Å². The lowest BCUT2D eigenvalue weighted by atomic mass is 10.1. The quantitative estimate of drug-likeness (QED) is 0.313. The van der Waals surface area contributed by atoms with Crippen molar-refractivity contribution in [3.05, 3.63) is 53.1 Å². The second-order valence-electron chi connectivity index (χ2n) is 5.61. The number of pyridine rings is 1. The van der Waals surface area contributed by atoms with Crippen molar-refractivity contribution >= 4 is 45.3 Å². The molecule has 1 aromatic carbocycles. The molecule has 5 nitrogen and oxygen atoms in total. The number of thioether (sulfide) groups is 1. The molecule has 0 aliphatic carbocycles. The zero-order valence-electron chi connectivity index (χ0n) is 13.2. The smallest absolute Gasteiger partial charge is 0.162 e. The van der Waals surface area contributed by atoms with Crippen molar-refractivity contribution in [2.24, 2.45) is 7.05 Å². The average Bonchev–Trinajstić information content (AvgIpc) is 2.95. The Morgan fingerprint density at radius 3 is 2.96 bits per heavy atom. The van der Waals surface area contributed by atoms with Gasteiger partial charge in [-0.3, -0.25) is 4.68 Å². The number of rotatable bonds is 3. The van der Waals surface area contributed by atoms with E-state index in [1.807, 2.05) is 20.0 Å². The summed E-state index contributed by atoms with van der Waals surface area (Å²) in [6, 6.07) is 8.30. The number of hydrogen-bond donors (Lipinski definition) is 0. The molecule has 0 atom stereocenters. The van der Waals surface area contributed by atoms with Crippen LogP contribution in [0.15, 0.2) is 41.8 Å². The van der Waals surface area contributed by atoms with Gasteiger partial charge in [0.05, 0.1) is 17.1 Å². The maximum absolute atomic E-state index is 6.37. The monoisotopic (exact) mass is 355 g/mol. The van der Waals surface area contributed by atoms with Crippen LogP contribution in [0.1, 0.15) is 11.1 Å². The Labute approximate surface area is 148 Å². The zero-order chi connectivity index (χ0) is 16.7. The normalized spacial score (nSPS) is 11.5. The second-order valence-corrected chi connectivity index (χ2v) is 6.93. The molecule has 3 heterocycles. The van der Waals surface area contributed by atoms with Gasteiger partial charge in [-0.05, 0) is 24.6 Å². The molecule has 0 saturated carbocycles. The summed E-state index contributed by atoms with van der Waals surface area (Å²) in [4.78, 5) is 13.2. The summed E-state index contributed by atoms with van der Waals surface area (Å²) >= 11 is 7.98. The first kappa shape index (κ1) is 15.4. The highest BCUT2D eigenvalue weighted by Crippen LogP contribution is 2.30. The van der Waals surface area contributed by atoms with Crippen LogP contribution in [0.25, 0.3) is 21.9 Å². The van der Waals surface area contributed by atoms with E-state index in [2.05, 4.69) is 38.2 Å². The second kappa shape index (κ2) is 6.03. The zero-order valence-corrected chi connectivity index (χ0v) is 14.8. The number of fused-ring (bicyclic) bond motifs is 2. The van der Waals surface area contributed by atoms with Gasteiger partial charge >= 0.3 is 0 Å². The predicted octanol–water partition coefficient (Wildman–Crippen LogP) is 4.17. The molecular formula is C17H14ClN5S. The van der Waals surface area contributed by atoms with Gasteiger partial charge in [-0.15, -0.1) is 11.8 Å². The summed E-state index contributed by atoms with van der Waals surface area (Å²) in [5.41, 5.74) is 3.91. The standard InChI is InChI=1S/C17H14ClN5S/c1-10-3-4-11-6-12(15(18)22-14(11)5-10)8-24-17-13-7-21-23(2)16(13)19-9-20-17/h3-7,9H,8H2,1-2H3. The van der Waals surface area contributed by atoms with Gasteiger partial charge in [0, 0.05) is 23.8 Å². The van der Waals surface area contributed by atoms with Crippen LogP contribution in [0.2, 0.25) is 5.15 Å². The Hall–Kier alpha value is -2.18. The van der Waals surface area contributed by atoms with Crippen molar-refractivity contribution in [1.29, 1.82) is 0 Å². The Morgan fingerprint density at radius 1 is 1.21 bits per heavy atom. The Kier molecular flexibility index (Phi) is 3.86. The lowest BCUT2D eigenvalue weighted by molar-refractivity contribution is 0.784. The number of aromatic nitrogens is 5. The third-order valence-electron chi connectivity index (χ3n) is 3.86. The van der Waals surface area contributed by atoms with Gasteiger partial charge in [-0.25, -0.2) is 15.0 Å². The van der Waals surface area contributed by atoms with Crippen molar-refractivity contribution in [3.63, 3.8) is 0 Å². The van der Waals surface area contributed by atoms with Gasteiger partial charge in [0.15, 0.2) is 5.65 Å². The van der Waals surface area contributed by atoms with Crippen LogP contribution in [0.3, 0.4) is 0 Å². The summed E-state index contributed by atoms with van der Waals surface area (Å²) in [5.74, 6) is 0.691. The minimum Gasteiger partial charge on any atom is -0.250 e. The molecule has 0 bridgehead atoms. The highest BCUT2D eigenvalue weighted by atomic mass is 35.5. The molecule has 7 heteroatoms. The maximum Gasteiger partial charge on any atom is 0.162 e. The molecule has 24 heavy (non-hydrogen) atoms.